The van der Waals surface area contributed by atoms with E-state index in [0.717, 1.165) is 5.56 Å². The molecule has 170 valence electrons. The lowest BCUT2D eigenvalue weighted by atomic mass is 10.1. The lowest BCUT2D eigenvalue weighted by Gasteiger charge is -2.19. The molecule has 0 spiro atoms. The molecule has 3 rings (SSSR count). The lowest BCUT2D eigenvalue weighted by Crippen LogP contribution is -2.39. The Bertz CT molecular complexity index is 856. The first-order valence-corrected chi connectivity index (χ1v) is 9.58. The number of halogens is 3. The highest BCUT2D eigenvalue weighted by Gasteiger charge is 2.20. The average molecular weight is 549 g/mol. The van der Waals surface area contributed by atoms with Crippen molar-refractivity contribution in [1.29, 1.82) is 0 Å². The summed E-state index contributed by atoms with van der Waals surface area (Å²) in [6.07, 6.45) is -0.168. The Balaban J connectivity index is 0.00000341. The molecule has 10 heteroatoms. The molecule has 0 fully saturated rings. The number of benzene rings is 2. The van der Waals surface area contributed by atoms with Crippen molar-refractivity contribution in [3.8, 4) is 17.2 Å². The monoisotopic (exact) mass is 549 g/mol. The van der Waals surface area contributed by atoms with Crippen LogP contribution in [0.25, 0.3) is 0 Å². The molecule has 0 radical (unpaired) electrons. The van der Waals surface area contributed by atoms with Crippen molar-refractivity contribution in [2.75, 3.05) is 27.0 Å². The fraction of sp³-hybridized carbons (Fsp3) is 0.381. The molecule has 1 aliphatic heterocycles. The van der Waals surface area contributed by atoms with Crippen molar-refractivity contribution in [2.24, 2.45) is 4.99 Å². The molecule has 2 aromatic rings. The lowest BCUT2D eigenvalue weighted by molar-refractivity contribution is -0.0505. The van der Waals surface area contributed by atoms with Crippen LogP contribution in [0.4, 0.5) is 8.78 Å². The number of methoxy groups -OCH3 is 1. The summed E-state index contributed by atoms with van der Waals surface area (Å²) in [4.78, 5) is 4.49. The third-order valence-electron chi connectivity index (χ3n) is 4.43. The van der Waals surface area contributed by atoms with Gasteiger partial charge in [0.15, 0.2) is 17.5 Å². The van der Waals surface area contributed by atoms with E-state index in [0.29, 0.717) is 36.1 Å². The summed E-state index contributed by atoms with van der Waals surface area (Å²) in [5.74, 6) is 1.38. The molecule has 1 aliphatic rings. The molecule has 31 heavy (non-hydrogen) atoms. The first-order chi connectivity index (χ1) is 14.6. The minimum absolute atomic E-state index is 0. The first kappa shape index (κ1) is 24.9. The number of guanidine groups is 1. The number of alkyl halides is 2. The average Bonchev–Trinajstić information content (AvgIpc) is 3.19. The van der Waals surface area contributed by atoms with Crippen LogP contribution in [0.1, 0.15) is 24.2 Å². The van der Waals surface area contributed by atoms with E-state index in [1.54, 1.807) is 13.2 Å². The van der Waals surface area contributed by atoms with Crippen LogP contribution in [-0.4, -0.2) is 39.6 Å². The van der Waals surface area contributed by atoms with Crippen LogP contribution < -0.4 is 24.8 Å². The zero-order valence-corrected chi connectivity index (χ0v) is 19.6. The third kappa shape index (κ3) is 7.10. The van der Waals surface area contributed by atoms with Gasteiger partial charge in [0.05, 0.1) is 12.6 Å². The van der Waals surface area contributed by atoms with Crippen LogP contribution in [0.5, 0.6) is 17.2 Å². The number of hydrogen-bond donors (Lipinski definition) is 2. The van der Waals surface area contributed by atoms with E-state index in [4.69, 9.17) is 14.2 Å². The number of nitrogens with one attached hydrogen (secondary N) is 2. The number of hydrogen-bond acceptors (Lipinski definition) is 5. The Hall–Kier alpha value is -2.34. The zero-order chi connectivity index (χ0) is 21.3. The van der Waals surface area contributed by atoms with Crippen LogP contribution in [0.3, 0.4) is 0 Å². The minimum Gasteiger partial charge on any atom is -0.454 e. The Labute approximate surface area is 197 Å². The normalized spacial score (nSPS) is 13.5. The van der Waals surface area contributed by atoms with E-state index >= 15 is 0 Å². The molecule has 2 aromatic carbocycles. The van der Waals surface area contributed by atoms with Gasteiger partial charge in [0.1, 0.15) is 5.75 Å². The molecule has 0 saturated heterocycles. The zero-order valence-electron chi connectivity index (χ0n) is 17.3. The second-order valence-electron chi connectivity index (χ2n) is 6.40. The molecular formula is C21H26F2IN3O4. The van der Waals surface area contributed by atoms with Crippen molar-refractivity contribution in [2.45, 2.75) is 26.2 Å². The SMILES string of the molecule is CCNC(=NCc1cc2c(cc1OC(F)F)OCO2)NCC(OC)c1ccccc1.I. The summed E-state index contributed by atoms with van der Waals surface area (Å²) in [7, 11) is 1.64. The van der Waals surface area contributed by atoms with E-state index in [1.165, 1.54) is 6.07 Å². The van der Waals surface area contributed by atoms with Gasteiger partial charge in [0.2, 0.25) is 6.79 Å². The van der Waals surface area contributed by atoms with Gasteiger partial charge in [-0.15, -0.1) is 24.0 Å². The maximum absolute atomic E-state index is 12.8. The summed E-state index contributed by atoms with van der Waals surface area (Å²) >= 11 is 0. The minimum atomic E-state index is -2.95. The summed E-state index contributed by atoms with van der Waals surface area (Å²) in [5, 5.41) is 6.36. The topological polar surface area (TPSA) is 73.3 Å². The van der Waals surface area contributed by atoms with Crippen molar-refractivity contribution in [3.63, 3.8) is 0 Å². The molecule has 0 amide bonds. The Morgan fingerprint density at radius 1 is 1.13 bits per heavy atom. The van der Waals surface area contributed by atoms with Gasteiger partial charge < -0.3 is 29.6 Å². The van der Waals surface area contributed by atoms with Gasteiger partial charge in [-0.25, -0.2) is 4.99 Å². The van der Waals surface area contributed by atoms with E-state index in [-0.39, 0.29) is 49.2 Å². The van der Waals surface area contributed by atoms with Crippen LogP contribution in [0.15, 0.2) is 47.5 Å². The fourth-order valence-electron chi connectivity index (χ4n) is 2.99. The van der Waals surface area contributed by atoms with Gasteiger partial charge in [-0.1, -0.05) is 30.3 Å². The Morgan fingerprint density at radius 3 is 2.48 bits per heavy atom. The third-order valence-corrected chi connectivity index (χ3v) is 4.43. The smallest absolute Gasteiger partial charge is 0.387 e. The molecule has 0 bridgehead atoms. The summed E-state index contributed by atoms with van der Waals surface area (Å²) in [5.41, 5.74) is 1.50. The van der Waals surface area contributed by atoms with Crippen LogP contribution in [0.2, 0.25) is 0 Å². The second kappa shape index (κ2) is 12.5. The summed E-state index contributed by atoms with van der Waals surface area (Å²) in [6.45, 7) is 0.251. The number of ether oxygens (including phenoxy) is 4. The maximum atomic E-state index is 12.8. The summed E-state index contributed by atoms with van der Waals surface area (Å²) in [6, 6.07) is 12.8. The molecule has 0 saturated carbocycles. The van der Waals surface area contributed by atoms with Crippen LogP contribution in [0, 0.1) is 0 Å². The highest BCUT2D eigenvalue weighted by molar-refractivity contribution is 14.0. The molecule has 0 aliphatic carbocycles. The van der Waals surface area contributed by atoms with Crippen LogP contribution in [-0.2, 0) is 11.3 Å². The second-order valence-corrected chi connectivity index (χ2v) is 6.40. The molecule has 0 aromatic heterocycles. The van der Waals surface area contributed by atoms with Crippen molar-refractivity contribution in [3.05, 3.63) is 53.6 Å². The van der Waals surface area contributed by atoms with Gasteiger partial charge in [-0.3, -0.25) is 0 Å². The number of rotatable bonds is 9. The molecule has 1 atom stereocenters. The van der Waals surface area contributed by atoms with Crippen molar-refractivity contribution >= 4 is 29.9 Å². The van der Waals surface area contributed by atoms with Gasteiger partial charge in [0, 0.05) is 31.8 Å². The standard InChI is InChI=1S/C21H25F2N3O4.HI/c1-3-24-21(26-12-19(27-2)14-7-5-4-6-8-14)25-11-15-9-17-18(29-13-28-17)10-16(15)30-20(22)23;/h4-10,19-20H,3,11-13H2,1-2H3,(H2,24,25,26);1H. The van der Waals surface area contributed by atoms with E-state index in [2.05, 4.69) is 20.4 Å². The summed E-state index contributed by atoms with van der Waals surface area (Å²) < 4.78 is 46.4. The number of aliphatic imine (C=N–C) groups is 1. The van der Waals surface area contributed by atoms with Crippen molar-refractivity contribution in [1.82, 2.24) is 10.6 Å². The highest BCUT2D eigenvalue weighted by Crippen LogP contribution is 2.39. The number of fused-ring (bicyclic) bond motifs is 1. The van der Waals surface area contributed by atoms with Gasteiger partial charge >= 0.3 is 6.61 Å². The van der Waals surface area contributed by atoms with Crippen molar-refractivity contribution < 1.29 is 27.7 Å². The molecular weight excluding hydrogens is 523 g/mol. The van der Waals surface area contributed by atoms with E-state index in [1.807, 2.05) is 37.3 Å². The predicted octanol–water partition coefficient (Wildman–Crippen LogP) is 4.08. The predicted molar refractivity (Wildman–Crippen MR) is 124 cm³/mol. The molecule has 1 unspecified atom stereocenters. The van der Waals surface area contributed by atoms with E-state index < -0.39 is 6.61 Å². The first-order valence-electron chi connectivity index (χ1n) is 9.58. The number of nitrogens with zero attached hydrogens (tertiary/aromatic N) is 1. The fourth-order valence-corrected chi connectivity index (χ4v) is 2.99. The highest BCUT2D eigenvalue weighted by atomic mass is 127. The Kier molecular flexibility index (Phi) is 10.0. The van der Waals surface area contributed by atoms with E-state index in [9.17, 15) is 8.78 Å². The molecule has 2 N–H and O–H groups in total. The van der Waals surface area contributed by atoms with Crippen LogP contribution >= 0.6 is 24.0 Å². The Morgan fingerprint density at radius 2 is 1.84 bits per heavy atom. The molecule has 7 nitrogen and oxygen atoms in total. The quantitative estimate of drug-likeness (QED) is 0.279. The maximum Gasteiger partial charge on any atom is 0.387 e. The molecule has 1 heterocycles. The van der Waals surface area contributed by atoms with Gasteiger partial charge in [-0.2, -0.15) is 8.78 Å². The largest absolute Gasteiger partial charge is 0.454 e. The van der Waals surface area contributed by atoms with Gasteiger partial charge in [0.25, 0.3) is 0 Å². The van der Waals surface area contributed by atoms with Gasteiger partial charge in [-0.05, 0) is 18.6 Å².